The number of rotatable bonds is 5. The molecular formula is C26H31Cl2N5O5. The molecule has 0 aromatic carbocycles. The van der Waals surface area contributed by atoms with E-state index in [-0.39, 0.29) is 51.5 Å². The largest absolute Gasteiger partial charge is 0.492 e. The summed E-state index contributed by atoms with van der Waals surface area (Å²) in [6, 6.07) is 1.44. The normalized spacial score (nSPS) is 16.2. The maximum atomic E-state index is 13.1. The highest BCUT2D eigenvalue weighted by molar-refractivity contribution is 6.32. The standard InChI is InChI=1S/C26H31Cl2N5O5/c1-14(2)16-10-29-11-17(27)21(16)33-22-20(23(34)31-24(33)35)18(9-19(28)30-22)37-13-15-7-6-8-32(12-15)25(36)38-26(3,4)5/h9-11,14-15H,6-8,12-13H2,1-5H3,(H,31,34,35)/t15-/m1/s1. The van der Waals surface area contributed by atoms with E-state index in [1.165, 1.54) is 16.8 Å². The van der Waals surface area contributed by atoms with Gasteiger partial charge in [0.15, 0.2) is 5.65 Å². The number of amides is 1. The lowest BCUT2D eigenvalue weighted by Gasteiger charge is -2.34. The third-order valence-corrected chi connectivity index (χ3v) is 6.66. The number of fused-ring (bicyclic) bond motifs is 1. The summed E-state index contributed by atoms with van der Waals surface area (Å²) in [6.07, 6.45) is 4.31. The van der Waals surface area contributed by atoms with Crippen LogP contribution in [0.3, 0.4) is 0 Å². The van der Waals surface area contributed by atoms with Crippen LogP contribution in [0.4, 0.5) is 4.79 Å². The van der Waals surface area contributed by atoms with Crippen LogP contribution in [0.15, 0.2) is 28.0 Å². The molecule has 0 aliphatic carbocycles. The predicted molar refractivity (Wildman–Crippen MR) is 146 cm³/mol. The van der Waals surface area contributed by atoms with Crippen LogP contribution in [-0.4, -0.2) is 55.8 Å². The summed E-state index contributed by atoms with van der Waals surface area (Å²) in [7, 11) is 0. The van der Waals surface area contributed by atoms with Crippen LogP contribution < -0.4 is 16.0 Å². The van der Waals surface area contributed by atoms with Crippen molar-refractivity contribution in [2.24, 2.45) is 5.92 Å². The average Bonchev–Trinajstić information content (AvgIpc) is 2.82. The molecule has 0 saturated carbocycles. The molecule has 1 N–H and O–H groups in total. The Hall–Kier alpha value is -3.11. The summed E-state index contributed by atoms with van der Waals surface area (Å²) in [6.45, 7) is 10.6. The molecule has 1 aliphatic rings. The first-order chi connectivity index (χ1) is 17.9. The first-order valence-electron chi connectivity index (χ1n) is 12.5. The van der Waals surface area contributed by atoms with Gasteiger partial charge in [-0.25, -0.2) is 19.1 Å². The minimum absolute atomic E-state index is 0.00503. The molecule has 0 spiro atoms. The van der Waals surface area contributed by atoms with Crippen molar-refractivity contribution in [3.05, 3.63) is 55.0 Å². The van der Waals surface area contributed by atoms with E-state index in [2.05, 4.69) is 15.0 Å². The second kappa shape index (κ2) is 10.9. The van der Waals surface area contributed by atoms with Gasteiger partial charge in [0, 0.05) is 37.5 Å². The number of aromatic amines is 1. The van der Waals surface area contributed by atoms with Crippen molar-refractivity contribution in [2.45, 2.75) is 59.0 Å². The third-order valence-electron chi connectivity index (χ3n) is 6.19. The Bertz CT molecular complexity index is 1480. The molecular weight excluding hydrogens is 533 g/mol. The lowest BCUT2D eigenvalue weighted by molar-refractivity contribution is 0.0139. The Balaban J connectivity index is 1.71. The zero-order valence-corrected chi connectivity index (χ0v) is 23.5. The van der Waals surface area contributed by atoms with E-state index in [1.807, 2.05) is 34.6 Å². The second-order valence-electron chi connectivity index (χ2n) is 10.7. The predicted octanol–water partition coefficient (Wildman–Crippen LogP) is 4.93. The average molecular weight is 564 g/mol. The van der Waals surface area contributed by atoms with Gasteiger partial charge in [0.1, 0.15) is 21.9 Å². The number of ether oxygens (including phenoxy) is 2. The molecule has 10 nitrogen and oxygen atoms in total. The van der Waals surface area contributed by atoms with Gasteiger partial charge in [-0.05, 0) is 45.1 Å². The third kappa shape index (κ3) is 5.96. The molecule has 1 atom stereocenters. The van der Waals surface area contributed by atoms with Crippen LogP contribution in [-0.2, 0) is 4.74 Å². The minimum Gasteiger partial charge on any atom is -0.492 e. The van der Waals surface area contributed by atoms with E-state index in [4.69, 9.17) is 32.7 Å². The van der Waals surface area contributed by atoms with Gasteiger partial charge >= 0.3 is 11.8 Å². The molecule has 0 unspecified atom stereocenters. The van der Waals surface area contributed by atoms with Crippen molar-refractivity contribution in [1.29, 1.82) is 0 Å². The van der Waals surface area contributed by atoms with Gasteiger partial charge in [0.05, 0.1) is 17.3 Å². The fraction of sp³-hybridized carbons (Fsp3) is 0.500. The van der Waals surface area contributed by atoms with Gasteiger partial charge in [-0.3, -0.25) is 14.8 Å². The van der Waals surface area contributed by atoms with E-state index in [9.17, 15) is 14.4 Å². The van der Waals surface area contributed by atoms with Crippen molar-refractivity contribution < 1.29 is 14.3 Å². The van der Waals surface area contributed by atoms with Crippen molar-refractivity contribution in [1.82, 2.24) is 24.4 Å². The smallest absolute Gasteiger partial charge is 0.410 e. The Kier molecular flexibility index (Phi) is 8.04. The molecule has 0 bridgehead atoms. The SMILES string of the molecule is CC(C)c1cncc(Cl)c1-n1c(=O)[nH]c(=O)c2c(OC[C@@H]3CCCN(C(=O)OC(C)(C)C)C3)cc(Cl)nc21. The number of hydrogen-bond donors (Lipinski definition) is 1. The number of halogens is 2. The van der Waals surface area contributed by atoms with Crippen molar-refractivity contribution in [3.63, 3.8) is 0 Å². The summed E-state index contributed by atoms with van der Waals surface area (Å²) in [4.78, 5) is 51.1. The van der Waals surface area contributed by atoms with Crippen LogP contribution >= 0.6 is 23.2 Å². The molecule has 1 aliphatic heterocycles. The number of carbonyl (C=O) groups excluding carboxylic acids is 1. The van der Waals surface area contributed by atoms with E-state index in [0.717, 1.165) is 12.8 Å². The molecule has 1 amide bonds. The molecule has 4 rings (SSSR count). The molecule has 38 heavy (non-hydrogen) atoms. The lowest BCUT2D eigenvalue weighted by Crippen LogP contribution is -2.44. The number of aromatic nitrogens is 4. The van der Waals surface area contributed by atoms with Crippen LogP contribution in [0.2, 0.25) is 10.2 Å². The first-order valence-corrected chi connectivity index (χ1v) is 13.2. The lowest BCUT2D eigenvalue weighted by atomic mass is 9.99. The summed E-state index contributed by atoms with van der Waals surface area (Å²) in [5, 5.41) is 0.332. The van der Waals surface area contributed by atoms with Crippen LogP contribution in [0.25, 0.3) is 16.7 Å². The second-order valence-corrected chi connectivity index (χ2v) is 11.5. The zero-order valence-electron chi connectivity index (χ0n) is 22.0. The number of hydrogen-bond acceptors (Lipinski definition) is 7. The minimum atomic E-state index is -0.710. The summed E-state index contributed by atoms with van der Waals surface area (Å²) in [5.74, 6) is 0.158. The number of nitrogens with one attached hydrogen (secondary N) is 1. The Morgan fingerprint density at radius 3 is 2.66 bits per heavy atom. The van der Waals surface area contributed by atoms with Crippen molar-refractivity contribution in [3.8, 4) is 11.4 Å². The first kappa shape index (κ1) is 27.9. The van der Waals surface area contributed by atoms with Crippen molar-refractivity contribution >= 4 is 40.3 Å². The fourth-order valence-corrected chi connectivity index (χ4v) is 4.92. The van der Waals surface area contributed by atoms with Crippen LogP contribution in [0, 0.1) is 5.92 Å². The number of pyridine rings is 2. The van der Waals surface area contributed by atoms with Gasteiger partial charge in [-0.1, -0.05) is 37.0 Å². The maximum Gasteiger partial charge on any atom is 0.410 e. The van der Waals surface area contributed by atoms with Crippen LogP contribution in [0.1, 0.15) is 58.9 Å². The van der Waals surface area contributed by atoms with E-state index >= 15 is 0 Å². The molecule has 204 valence electrons. The highest BCUT2D eigenvalue weighted by Gasteiger charge is 2.28. The zero-order chi connectivity index (χ0) is 27.8. The van der Waals surface area contributed by atoms with E-state index < -0.39 is 16.9 Å². The van der Waals surface area contributed by atoms with Gasteiger partial charge in [-0.15, -0.1) is 0 Å². The highest BCUT2D eigenvalue weighted by Crippen LogP contribution is 2.32. The number of piperidine rings is 1. The van der Waals surface area contributed by atoms with Gasteiger partial charge in [0.2, 0.25) is 0 Å². The van der Waals surface area contributed by atoms with Crippen molar-refractivity contribution in [2.75, 3.05) is 19.7 Å². The number of nitrogens with zero attached hydrogens (tertiary/aromatic N) is 4. The monoisotopic (exact) mass is 563 g/mol. The number of likely N-dealkylation sites (tertiary alicyclic amines) is 1. The summed E-state index contributed by atoms with van der Waals surface area (Å²) >= 11 is 12.8. The maximum absolute atomic E-state index is 13.1. The quantitative estimate of drug-likeness (QED) is 0.437. The molecule has 3 aromatic rings. The fourth-order valence-electron chi connectivity index (χ4n) is 4.49. The topological polar surface area (TPSA) is 119 Å². The molecule has 12 heteroatoms. The molecule has 4 heterocycles. The molecule has 1 fully saturated rings. The van der Waals surface area contributed by atoms with E-state index in [1.54, 1.807) is 11.1 Å². The van der Waals surface area contributed by atoms with Gasteiger partial charge in [-0.2, -0.15) is 0 Å². The Morgan fingerprint density at radius 2 is 1.97 bits per heavy atom. The summed E-state index contributed by atoms with van der Waals surface area (Å²) < 4.78 is 12.8. The van der Waals surface area contributed by atoms with E-state index in [0.29, 0.717) is 24.3 Å². The van der Waals surface area contributed by atoms with Gasteiger partial charge < -0.3 is 14.4 Å². The van der Waals surface area contributed by atoms with Gasteiger partial charge in [0.25, 0.3) is 5.56 Å². The Morgan fingerprint density at radius 1 is 1.24 bits per heavy atom. The molecule has 1 saturated heterocycles. The number of H-pyrrole nitrogens is 1. The molecule has 0 radical (unpaired) electrons. The van der Waals surface area contributed by atoms with Crippen LogP contribution in [0.5, 0.6) is 5.75 Å². The summed E-state index contributed by atoms with van der Waals surface area (Å²) in [5.41, 5.74) is -0.868. The Labute approximate surface area is 229 Å². The highest BCUT2D eigenvalue weighted by atomic mass is 35.5. The molecule has 3 aromatic heterocycles. The number of carbonyl (C=O) groups is 1.